The predicted molar refractivity (Wildman–Crippen MR) is 112 cm³/mol. The van der Waals surface area contributed by atoms with Crippen molar-refractivity contribution in [3.05, 3.63) is 29.8 Å². The van der Waals surface area contributed by atoms with Gasteiger partial charge in [0, 0.05) is 25.3 Å². The van der Waals surface area contributed by atoms with E-state index in [1.54, 1.807) is 12.1 Å². The second kappa shape index (κ2) is 10.5. The number of hydrogen-bond acceptors (Lipinski definition) is 5. The van der Waals surface area contributed by atoms with Gasteiger partial charge in [-0.3, -0.25) is 4.79 Å². The van der Waals surface area contributed by atoms with E-state index in [0.29, 0.717) is 18.7 Å². The lowest BCUT2D eigenvalue weighted by Crippen LogP contribution is -2.35. The molecule has 0 bridgehead atoms. The maximum atomic E-state index is 12.5. The quantitative estimate of drug-likeness (QED) is 0.593. The van der Waals surface area contributed by atoms with Gasteiger partial charge in [0.25, 0.3) is 5.91 Å². The molecule has 0 spiro atoms. The molecule has 8 heteroatoms. The lowest BCUT2D eigenvalue weighted by Gasteiger charge is -2.30. The van der Waals surface area contributed by atoms with Gasteiger partial charge in [0.15, 0.2) is 0 Å². The molecule has 2 fully saturated rings. The van der Waals surface area contributed by atoms with Crippen molar-refractivity contribution in [2.75, 3.05) is 39.3 Å². The zero-order valence-corrected chi connectivity index (χ0v) is 18.0. The van der Waals surface area contributed by atoms with Crippen LogP contribution in [0.3, 0.4) is 0 Å². The van der Waals surface area contributed by atoms with Crippen molar-refractivity contribution in [2.45, 2.75) is 50.0 Å². The molecule has 0 aliphatic carbocycles. The fraction of sp³-hybridized carbons (Fsp3) is 0.667. The number of amides is 1. The van der Waals surface area contributed by atoms with Crippen molar-refractivity contribution in [1.29, 1.82) is 0 Å². The summed E-state index contributed by atoms with van der Waals surface area (Å²) in [5, 5.41) is 2.90. The van der Waals surface area contributed by atoms with E-state index in [4.69, 9.17) is 4.74 Å². The lowest BCUT2D eigenvalue weighted by atomic mass is 9.99. The van der Waals surface area contributed by atoms with Crippen molar-refractivity contribution in [3.63, 3.8) is 0 Å². The van der Waals surface area contributed by atoms with Gasteiger partial charge < -0.3 is 15.0 Å². The van der Waals surface area contributed by atoms with Crippen LogP contribution in [0.15, 0.2) is 29.2 Å². The standard InChI is InChI=1S/C21H33N3O4S/c1-17-8-12-24(13-9-17)11-4-10-22-21(25)18-5-2-7-20(15-18)29(26,27)23-16-19-6-3-14-28-19/h2,5,7,15,17,19,23H,3-4,6,8-14,16H2,1H3,(H,22,25). The number of hydrogen-bond donors (Lipinski definition) is 2. The Hall–Kier alpha value is -1.48. The zero-order valence-electron chi connectivity index (χ0n) is 17.2. The van der Waals surface area contributed by atoms with Crippen LogP contribution in [0.1, 0.15) is 49.4 Å². The Kier molecular flexibility index (Phi) is 8.06. The Bertz CT molecular complexity index is 770. The van der Waals surface area contributed by atoms with Crippen LogP contribution < -0.4 is 10.0 Å². The summed E-state index contributed by atoms with van der Waals surface area (Å²) in [6.07, 6.45) is 5.13. The number of nitrogens with one attached hydrogen (secondary N) is 2. The number of likely N-dealkylation sites (tertiary alicyclic amines) is 1. The molecule has 2 aliphatic heterocycles. The molecule has 7 nitrogen and oxygen atoms in total. The molecule has 0 aromatic heterocycles. The van der Waals surface area contributed by atoms with Crippen molar-refractivity contribution >= 4 is 15.9 Å². The van der Waals surface area contributed by atoms with Crippen molar-refractivity contribution in [1.82, 2.24) is 14.9 Å². The number of benzene rings is 1. The van der Waals surface area contributed by atoms with Gasteiger partial charge in [0.05, 0.1) is 11.0 Å². The minimum atomic E-state index is -3.66. The molecule has 2 aliphatic rings. The summed E-state index contributed by atoms with van der Waals surface area (Å²) in [7, 11) is -3.66. The van der Waals surface area contributed by atoms with Crippen molar-refractivity contribution < 1.29 is 17.9 Å². The molecule has 2 saturated heterocycles. The van der Waals surface area contributed by atoms with Gasteiger partial charge in [-0.25, -0.2) is 13.1 Å². The number of carbonyl (C=O) groups excluding carboxylic acids is 1. The molecule has 2 heterocycles. The SMILES string of the molecule is CC1CCN(CCCNC(=O)c2cccc(S(=O)(=O)NCC3CCCO3)c2)CC1. The molecule has 1 aromatic rings. The summed E-state index contributed by atoms with van der Waals surface area (Å²) in [6.45, 7) is 7.06. The van der Waals surface area contributed by atoms with Gasteiger partial charge in [-0.2, -0.15) is 0 Å². The van der Waals surface area contributed by atoms with Crippen LogP contribution in [0.4, 0.5) is 0 Å². The van der Waals surface area contributed by atoms with E-state index in [1.807, 2.05) is 0 Å². The minimum Gasteiger partial charge on any atom is -0.377 e. The Morgan fingerprint density at radius 3 is 2.76 bits per heavy atom. The zero-order chi connectivity index (χ0) is 20.7. The highest BCUT2D eigenvalue weighted by Gasteiger charge is 2.21. The Balaban J connectivity index is 1.45. The molecule has 1 aromatic carbocycles. The third-order valence-electron chi connectivity index (χ3n) is 5.74. The number of carbonyl (C=O) groups is 1. The summed E-state index contributed by atoms with van der Waals surface area (Å²) in [5.74, 6) is 0.572. The van der Waals surface area contributed by atoms with Gasteiger partial charge in [0.1, 0.15) is 0 Å². The fourth-order valence-electron chi connectivity index (χ4n) is 3.79. The average Bonchev–Trinajstić information content (AvgIpc) is 3.25. The molecular formula is C21H33N3O4S. The van der Waals surface area contributed by atoms with Crippen LogP contribution in [0.2, 0.25) is 0 Å². The van der Waals surface area contributed by atoms with Crippen LogP contribution in [-0.2, 0) is 14.8 Å². The van der Waals surface area contributed by atoms with E-state index in [0.717, 1.165) is 44.8 Å². The summed E-state index contributed by atoms with van der Waals surface area (Å²) in [4.78, 5) is 15.0. The van der Waals surface area contributed by atoms with Crippen molar-refractivity contribution in [3.8, 4) is 0 Å². The molecule has 1 atom stereocenters. The normalized spacial score (nSPS) is 21.3. The average molecular weight is 424 g/mol. The van der Waals surface area contributed by atoms with Crippen LogP contribution in [0, 0.1) is 5.92 Å². The maximum Gasteiger partial charge on any atom is 0.251 e. The minimum absolute atomic E-state index is 0.0700. The highest BCUT2D eigenvalue weighted by Crippen LogP contribution is 2.16. The molecule has 0 radical (unpaired) electrons. The predicted octanol–water partition coefficient (Wildman–Crippen LogP) is 2.00. The molecule has 162 valence electrons. The van der Waals surface area contributed by atoms with Crippen molar-refractivity contribution in [2.24, 2.45) is 5.92 Å². The van der Waals surface area contributed by atoms with E-state index < -0.39 is 10.0 Å². The van der Waals surface area contributed by atoms with Crippen LogP contribution in [0.5, 0.6) is 0 Å². The largest absolute Gasteiger partial charge is 0.377 e. The lowest BCUT2D eigenvalue weighted by molar-refractivity contribution is 0.0950. The van der Waals surface area contributed by atoms with E-state index >= 15 is 0 Å². The molecule has 29 heavy (non-hydrogen) atoms. The number of piperidine rings is 1. The summed E-state index contributed by atoms with van der Waals surface area (Å²) in [6, 6.07) is 6.18. The monoisotopic (exact) mass is 423 g/mol. The Labute approximate surface area is 174 Å². The number of ether oxygens (including phenoxy) is 1. The summed E-state index contributed by atoms with van der Waals surface area (Å²) in [5.41, 5.74) is 0.358. The van der Waals surface area contributed by atoms with Crippen LogP contribution in [-0.4, -0.2) is 64.7 Å². The second-order valence-corrected chi connectivity index (χ2v) is 9.92. The number of rotatable bonds is 9. The third-order valence-corrected chi connectivity index (χ3v) is 7.17. The first-order chi connectivity index (χ1) is 13.9. The first kappa shape index (κ1) is 22.2. The summed E-state index contributed by atoms with van der Waals surface area (Å²) < 4.78 is 33.1. The van der Waals surface area contributed by atoms with Gasteiger partial charge in [0.2, 0.25) is 10.0 Å². The number of nitrogens with zero attached hydrogens (tertiary/aromatic N) is 1. The van der Waals surface area contributed by atoms with Gasteiger partial charge in [-0.1, -0.05) is 13.0 Å². The van der Waals surface area contributed by atoms with E-state index in [2.05, 4.69) is 21.9 Å². The molecule has 2 N–H and O–H groups in total. The third kappa shape index (κ3) is 6.77. The highest BCUT2D eigenvalue weighted by molar-refractivity contribution is 7.89. The highest BCUT2D eigenvalue weighted by atomic mass is 32.2. The first-order valence-electron chi connectivity index (χ1n) is 10.7. The van der Waals surface area contributed by atoms with E-state index in [1.165, 1.54) is 25.0 Å². The second-order valence-electron chi connectivity index (χ2n) is 8.15. The first-order valence-corrected chi connectivity index (χ1v) is 12.1. The van der Waals surface area contributed by atoms with Crippen LogP contribution in [0.25, 0.3) is 0 Å². The van der Waals surface area contributed by atoms with Crippen LogP contribution >= 0.6 is 0 Å². The molecule has 3 rings (SSSR count). The topological polar surface area (TPSA) is 87.7 Å². The summed E-state index contributed by atoms with van der Waals surface area (Å²) >= 11 is 0. The number of sulfonamides is 1. The molecule has 0 saturated carbocycles. The van der Waals surface area contributed by atoms with Gasteiger partial charge in [-0.15, -0.1) is 0 Å². The Morgan fingerprint density at radius 1 is 1.24 bits per heavy atom. The Morgan fingerprint density at radius 2 is 2.03 bits per heavy atom. The van der Waals surface area contributed by atoms with Gasteiger partial charge >= 0.3 is 0 Å². The molecule has 1 amide bonds. The van der Waals surface area contributed by atoms with Gasteiger partial charge in [-0.05, 0) is 75.9 Å². The van der Waals surface area contributed by atoms with E-state index in [9.17, 15) is 13.2 Å². The molecular weight excluding hydrogens is 390 g/mol. The molecule has 1 unspecified atom stereocenters. The fourth-order valence-corrected chi connectivity index (χ4v) is 4.90. The smallest absolute Gasteiger partial charge is 0.251 e. The van der Waals surface area contributed by atoms with E-state index in [-0.39, 0.29) is 23.5 Å². The maximum absolute atomic E-state index is 12.5.